The number of carbonyl (C=O) groups excluding carboxylic acids is 1. The number of carbonyl (C=O) groups is 2. The van der Waals surface area contributed by atoms with Crippen molar-refractivity contribution in [3.8, 4) is 0 Å². The van der Waals surface area contributed by atoms with E-state index in [1.165, 1.54) is 0 Å². The second-order valence-electron chi connectivity index (χ2n) is 5.88. The van der Waals surface area contributed by atoms with E-state index in [0.717, 1.165) is 12.8 Å². The standard InChI is InChI=1S/C13H22N2O3/c1-8-5-10(6-8)14-13(18)15-4-3-11(12(16)17)9(2)7-15/h8-11H,3-7H2,1-2H3,(H,14,18)(H,16,17). The average Bonchev–Trinajstić information content (AvgIpc) is 2.26. The normalized spacial score (nSPS) is 35.8. The summed E-state index contributed by atoms with van der Waals surface area (Å²) in [5.41, 5.74) is 0. The molecule has 1 saturated heterocycles. The topological polar surface area (TPSA) is 69.6 Å². The van der Waals surface area contributed by atoms with Gasteiger partial charge in [0.1, 0.15) is 0 Å². The summed E-state index contributed by atoms with van der Waals surface area (Å²) in [6.07, 6.45) is 2.69. The smallest absolute Gasteiger partial charge is 0.317 e. The SMILES string of the molecule is CC1CC(NC(=O)N2CCC(C(=O)O)C(C)C2)C1. The number of amides is 2. The van der Waals surface area contributed by atoms with Crippen LogP contribution in [0.5, 0.6) is 0 Å². The van der Waals surface area contributed by atoms with Crippen molar-refractivity contribution in [1.29, 1.82) is 0 Å². The first-order valence-corrected chi connectivity index (χ1v) is 6.75. The van der Waals surface area contributed by atoms with Gasteiger partial charge in [-0.25, -0.2) is 4.79 Å². The summed E-state index contributed by atoms with van der Waals surface area (Å²) in [6.45, 7) is 5.19. The Balaban J connectivity index is 1.80. The molecule has 0 spiro atoms. The molecule has 1 heterocycles. The molecule has 0 radical (unpaired) electrons. The van der Waals surface area contributed by atoms with E-state index >= 15 is 0 Å². The molecule has 2 fully saturated rings. The molecule has 2 atom stereocenters. The maximum absolute atomic E-state index is 12.0. The molecule has 2 rings (SSSR count). The Kier molecular flexibility index (Phi) is 3.78. The number of likely N-dealkylation sites (tertiary alicyclic amines) is 1. The van der Waals surface area contributed by atoms with E-state index < -0.39 is 5.97 Å². The molecule has 18 heavy (non-hydrogen) atoms. The van der Waals surface area contributed by atoms with Gasteiger partial charge in [-0.1, -0.05) is 13.8 Å². The molecule has 2 amide bonds. The third-order valence-electron chi connectivity index (χ3n) is 4.21. The Bertz CT molecular complexity index is 339. The minimum atomic E-state index is -0.740. The van der Waals surface area contributed by atoms with Crippen LogP contribution < -0.4 is 5.32 Å². The highest BCUT2D eigenvalue weighted by Gasteiger charge is 2.34. The van der Waals surface area contributed by atoms with E-state index in [9.17, 15) is 9.59 Å². The molecule has 1 saturated carbocycles. The summed E-state index contributed by atoms with van der Waals surface area (Å²) in [6, 6.07) is 0.294. The first kappa shape index (κ1) is 13.2. The van der Waals surface area contributed by atoms with E-state index in [0.29, 0.717) is 31.5 Å². The zero-order valence-corrected chi connectivity index (χ0v) is 11.1. The Labute approximate surface area is 108 Å². The van der Waals surface area contributed by atoms with Crippen LogP contribution in [0, 0.1) is 17.8 Å². The molecule has 1 aliphatic heterocycles. The van der Waals surface area contributed by atoms with Crippen LogP contribution in [0.15, 0.2) is 0 Å². The maximum Gasteiger partial charge on any atom is 0.317 e. The van der Waals surface area contributed by atoms with Gasteiger partial charge >= 0.3 is 12.0 Å². The minimum absolute atomic E-state index is 0.0254. The summed E-state index contributed by atoms with van der Waals surface area (Å²) in [4.78, 5) is 24.7. The van der Waals surface area contributed by atoms with Crippen molar-refractivity contribution < 1.29 is 14.7 Å². The van der Waals surface area contributed by atoms with Crippen LogP contribution in [0.3, 0.4) is 0 Å². The van der Waals surface area contributed by atoms with E-state index in [4.69, 9.17) is 5.11 Å². The maximum atomic E-state index is 12.0. The molecule has 2 unspecified atom stereocenters. The summed E-state index contributed by atoms with van der Waals surface area (Å²) in [5, 5.41) is 12.1. The molecular formula is C13H22N2O3. The van der Waals surface area contributed by atoms with Gasteiger partial charge in [0.05, 0.1) is 5.92 Å². The predicted octanol–water partition coefficient (Wildman–Crippen LogP) is 1.54. The van der Waals surface area contributed by atoms with Crippen LogP contribution in [-0.4, -0.2) is 41.1 Å². The minimum Gasteiger partial charge on any atom is -0.481 e. The number of urea groups is 1. The number of hydrogen-bond acceptors (Lipinski definition) is 2. The lowest BCUT2D eigenvalue weighted by Crippen LogP contribution is -2.53. The second kappa shape index (κ2) is 5.16. The Morgan fingerprint density at radius 1 is 1.28 bits per heavy atom. The van der Waals surface area contributed by atoms with Gasteiger partial charge in [-0.3, -0.25) is 4.79 Å². The Hall–Kier alpha value is -1.26. The third-order valence-corrected chi connectivity index (χ3v) is 4.21. The van der Waals surface area contributed by atoms with Crippen molar-refractivity contribution in [2.45, 2.75) is 39.2 Å². The van der Waals surface area contributed by atoms with Gasteiger partial charge in [0, 0.05) is 19.1 Å². The van der Waals surface area contributed by atoms with Crippen molar-refractivity contribution in [1.82, 2.24) is 10.2 Å². The van der Waals surface area contributed by atoms with Gasteiger partial charge < -0.3 is 15.3 Å². The van der Waals surface area contributed by atoms with E-state index in [-0.39, 0.29) is 17.9 Å². The number of nitrogens with zero attached hydrogens (tertiary/aromatic N) is 1. The van der Waals surface area contributed by atoms with Crippen LogP contribution >= 0.6 is 0 Å². The van der Waals surface area contributed by atoms with Crippen LogP contribution in [-0.2, 0) is 4.79 Å². The van der Waals surface area contributed by atoms with Gasteiger partial charge in [-0.15, -0.1) is 0 Å². The first-order valence-electron chi connectivity index (χ1n) is 6.75. The van der Waals surface area contributed by atoms with Crippen molar-refractivity contribution in [3.05, 3.63) is 0 Å². The van der Waals surface area contributed by atoms with Crippen LogP contribution in [0.25, 0.3) is 0 Å². The highest BCUT2D eigenvalue weighted by atomic mass is 16.4. The van der Waals surface area contributed by atoms with E-state index in [1.54, 1.807) is 4.90 Å². The number of nitrogens with one attached hydrogen (secondary N) is 1. The van der Waals surface area contributed by atoms with Crippen molar-refractivity contribution >= 4 is 12.0 Å². The van der Waals surface area contributed by atoms with Crippen LogP contribution in [0.2, 0.25) is 0 Å². The highest BCUT2D eigenvalue weighted by molar-refractivity contribution is 5.76. The first-order chi connectivity index (χ1) is 8.47. The molecule has 1 aliphatic carbocycles. The summed E-state index contributed by atoms with van der Waals surface area (Å²) < 4.78 is 0. The Morgan fingerprint density at radius 3 is 2.44 bits per heavy atom. The van der Waals surface area contributed by atoms with Gasteiger partial charge in [0.25, 0.3) is 0 Å². The van der Waals surface area contributed by atoms with E-state index in [1.807, 2.05) is 6.92 Å². The van der Waals surface area contributed by atoms with Gasteiger partial charge in [-0.2, -0.15) is 0 Å². The lowest BCUT2D eigenvalue weighted by Gasteiger charge is -2.38. The second-order valence-corrected chi connectivity index (χ2v) is 5.88. The fourth-order valence-corrected chi connectivity index (χ4v) is 2.98. The zero-order valence-electron chi connectivity index (χ0n) is 11.1. The molecule has 5 nitrogen and oxygen atoms in total. The summed E-state index contributed by atoms with van der Waals surface area (Å²) in [5.74, 6) is -0.303. The third kappa shape index (κ3) is 2.76. The van der Waals surface area contributed by atoms with Gasteiger partial charge in [0.15, 0.2) is 0 Å². The predicted molar refractivity (Wildman–Crippen MR) is 67.2 cm³/mol. The van der Waals surface area contributed by atoms with Gasteiger partial charge in [0.2, 0.25) is 0 Å². The highest BCUT2D eigenvalue weighted by Crippen LogP contribution is 2.27. The molecular weight excluding hydrogens is 232 g/mol. The quantitative estimate of drug-likeness (QED) is 0.785. The molecule has 0 aromatic carbocycles. The lowest BCUT2D eigenvalue weighted by molar-refractivity contribution is -0.145. The average molecular weight is 254 g/mol. The number of carboxylic acid groups (broad SMARTS) is 1. The molecule has 5 heteroatoms. The Morgan fingerprint density at radius 2 is 1.94 bits per heavy atom. The molecule has 2 aliphatic rings. The molecule has 102 valence electrons. The molecule has 0 bridgehead atoms. The van der Waals surface area contributed by atoms with Crippen LogP contribution in [0.4, 0.5) is 4.79 Å². The number of carboxylic acids is 1. The number of piperidine rings is 1. The number of hydrogen-bond donors (Lipinski definition) is 2. The molecule has 0 aromatic heterocycles. The monoisotopic (exact) mass is 254 g/mol. The lowest BCUT2D eigenvalue weighted by atomic mass is 9.82. The molecule has 0 aromatic rings. The van der Waals surface area contributed by atoms with Gasteiger partial charge in [-0.05, 0) is 31.1 Å². The number of aliphatic carboxylic acids is 1. The van der Waals surface area contributed by atoms with Crippen molar-refractivity contribution in [2.75, 3.05) is 13.1 Å². The number of rotatable bonds is 2. The van der Waals surface area contributed by atoms with Crippen molar-refractivity contribution in [2.24, 2.45) is 17.8 Å². The summed E-state index contributed by atoms with van der Waals surface area (Å²) >= 11 is 0. The zero-order chi connectivity index (χ0) is 13.3. The molecule has 2 N–H and O–H groups in total. The largest absolute Gasteiger partial charge is 0.481 e. The fraction of sp³-hybridized carbons (Fsp3) is 0.846. The van der Waals surface area contributed by atoms with Crippen LogP contribution in [0.1, 0.15) is 33.1 Å². The van der Waals surface area contributed by atoms with Crippen molar-refractivity contribution in [3.63, 3.8) is 0 Å². The van der Waals surface area contributed by atoms with E-state index in [2.05, 4.69) is 12.2 Å². The fourth-order valence-electron chi connectivity index (χ4n) is 2.98. The summed E-state index contributed by atoms with van der Waals surface area (Å²) in [7, 11) is 0.